The summed E-state index contributed by atoms with van der Waals surface area (Å²) in [5.74, 6) is -15.3. The molecule has 0 fully saturated rings. The molecule has 7 nitrogen and oxygen atoms in total. The molecule has 292 valence electrons. The van der Waals surface area contributed by atoms with Crippen LogP contribution in [0.3, 0.4) is 0 Å². The Bertz CT molecular complexity index is 1350. The average molecular weight is 773 g/mol. The van der Waals surface area contributed by atoms with Crippen molar-refractivity contribution in [3.63, 3.8) is 0 Å². The molecule has 1 aromatic carbocycles. The molecule has 0 spiro atoms. The van der Waals surface area contributed by atoms with Gasteiger partial charge in [-0.15, -0.1) is 0 Å². The molecule has 0 saturated heterocycles. The lowest BCUT2D eigenvalue weighted by molar-refractivity contribution is -0.543. The van der Waals surface area contributed by atoms with E-state index < -0.39 is 68.4 Å². The first-order valence-corrected chi connectivity index (χ1v) is 14.8. The molecule has 0 aliphatic heterocycles. The second kappa shape index (κ2) is 17.1. The van der Waals surface area contributed by atoms with Gasteiger partial charge >= 0.3 is 42.5 Å². The summed E-state index contributed by atoms with van der Waals surface area (Å²) in [6.07, 6.45) is -26.1. The maximum Gasteiger partial charge on any atom is 0.460 e. The molecule has 0 bridgehead atoms. The quantitative estimate of drug-likeness (QED) is 0.0945. The molecule has 0 aliphatic rings. The second-order valence-electron chi connectivity index (χ2n) is 11.0. The number of hydrogen-bond donors (Lipinski definition) is 1. The van der Waals surface area contributed by atoms with Crippen molar-refractivity contribution in [3.05, 3.63) is 42.2 Å². The van der Waals surface area contributed by atoms with Crippen molar-refractivity contribution in [1.29, 1.82) is 0 Å². The van der Waals surface area contributed by atoms with E-state index in [2.05, 4.69) is 26.4 Å². The second-order valence-corrected chi connectivity index (χ2v) is 11.0. The minimum absolute atomic E-state index is 0.114. The van der Waals surface area contributed by atoms with Gasteiger partial charge in [-0.25, -0.2) is 19.4 Å². The smallest absolute Gasteiger partial charge is 0.460 e. The lowest BCUT2D eigenvalue weighted by Gasteiger charge is -2.36. The maximum absolute atomic E-state index is 13.7. The first-order chi connectivity index (χ1) is 23.3. The Kier molecular flexibility index (Phi) is 14.8. The van der Waals surface area contributed by atoms with E-state index in [4.69, 9.17) is 4.74 Å². The predicted octanol–water partition coefficient (Wildman–Crippen LogP) is 9.04. The highest BCUT2D eigenvalue weighted by atomic mass is 19.4. The van der Waals surface area contributed by atoms with Crippen molar-refractivity contribution in [2.75, 3.05) is 19.8 Å². The molecule has 0 amide bonds. The number of aliphatic hydroxyl groups is 1. The Morgan fingerprint density at radius 1 is 0.647 bits per heavy atom. The van der Waals surface area contributed by atoms with Crippen molar-refractivity contribution in [2.24, 2.45) is 0 Å². The van der Waals surface area contributed by atoms with Gasteiger partial charge in [0, 0.05) is 18.0 Å². The third-order valence-electron chi connectivity index (χ3n) is 6.65. The third kappa shape index (κ3) is 12.0. The van der Waals surface area contributed by atoms with E-state index in [1.807, 2.05) is 0 Å². The van der Waals surface area contributed by atoms with Crippen molar-refractivity contribution in [1.82, 2.24) is 9.97 Å². The zero-order valence-electron chi connectivity index (χ0n) is 26.3. The zero-order chi connectivity index (χ0) is 38.9. The molecule has 1 heterocycles. The van der Waals surface area contributed by atoms with Crippen LogP contribution in [0.4, 0.5) is 65.9 Å². The van der Waals surface area contributed by atoms with E-state index in [0.717, 1.165) is 37.7 Å². The summed E-state index contributed by atoms with van der Waals surface area (Å²) in [6, 6.07) is 5.90. The number of alkyl halides is 15. The van der Waals surface area contributed by atoms with Crippen molar-refractivity contribution in [3.8, 4) is 17.1 Å². The van der Waals surface area contributed by atoms with Crippen LogP contribution in [-0.4, -0.2) is 83.5 Å². The number of benzene rings is 1. The number of aromatic nitrogens is 2. The standard InChI is InChI=1S/C29H31F15N2O5/c1-2-3-4-5-6-7-8-18-13-45-22(46-14-18)19-9-11-21(12-10-19)49-16-20(47)15-48-17-23(30,31)50-28(41,42)29(43,44)51-27(39,40)25(34,35)24(32,33)26(36,37)38/h9-14,20,47H,2-8,15-17H2,1H3/t20-/m1/s1. The number of aryl methyl sites for hydroxylation is 1. The number of unbranched alkanes of at least 4 members (excludes halogenated alkanes) is 5. The van der Waals surface area contributed by atoms with Crippen LogP contribution in [0.5, 0.6) is 5.75 Å². The summed E-state index contributed by atoms with van der Waals surface area (Å²) in [5.41, 5.74) is 1.53. The molecular weight excluding hydrogens is 741 g/mol. The number of nitrogens with zero attached hydrogens (tertiary/aromatic N) is 2. The Morgan fingerprint density at radius 3 is 1.73 bits per heavy atom. The summed E-state index contributed by atoms with van der Waals surface area (Å²) < 4.78 is 209. The molecule has 1 atom stereocenters. The van der Waals surface area contributed by atoms with E-state index in [-0.39, 0.29) is 5.75 Å². The van der Waals surface area contributed by atoms with Crippen molar-refractivity contribution >= 4 is 0 Å². The molecule has 1 N–H and O–H groups in total. The highest BCUT2D eigenvalue weighted by Crippen LogP contribution is 2.56. The third-order valence-corrected chi connectivity index (χ3v) is 6.65. The van der Waals surface area contributed by atoms with Crippen LogP contribution >= 0.6 is 0 Å². The van der Waals surface area contributed by atoms with Gasteiger partial charge in [-0.1, -0.05) is 39.0 Å². The van der Waals surface area contributed by atoms with Crippen LogP contribution in [0.2, 0.25) is 0 Å². The fourth-order valence-corrected chi connectivity index (χ4v) is 3.92. The van der Waals surface area contributed by atoms with Gasteiger partial charge in [-0.2, -0.15) is 65.9 Å². The summed E-state index contributed by atoms with van der Waals surface area (Å²) in [5, 5.41) is 9.83. The lowest BCUT2D eigenvalue weighted by atomic mass is 10.1. The molecule has 51 heavy (non-hydrogen) atoms. The maximum atomic E-state index is 13.7. The van der Waals surface area contributed by atoms with Gasteiger partial charge in [0.05, 0.1) is 6.61 Å². The van der Waals surface area contributed by atoms with Gasteiger partial charge in [-0.05, 0) is 42.7 Å². The fourth-order valence-electron chi connectivity index (χ4n) is 3.92. The summed E-state index contributed by atoms with van der Waals surface area (Å²) in [4.78, 5) is 8.62. The van der Waals surface area contributed by atoms with E-state index in [0.29, 0.717) is 11.4 Å². The van der Waals surface area contributed by atoms with E-state index >= 15 is 0 Å². The number of hydrogen-bond acceptors (Lipinski definition) is 7. The topological polar surface area (TPSA) is 82.9 Å². The van der Waals surface area contributed by atoms with Gasteiger partial charge in [0.2, 0.25) is 0 Å². The predicted molar refractivity (Wildman–Crippen MR) is 145 cm³/mol. The highest BCUT2D eigenvalue weighted by Gasteiger charge is 2.85. The van der Waals surface area contributed by atoms with Crippen LogP contribution in [-0.2, 0) is 20.6 Å². The average Bonchev–Trinajstić information content (AvgIpc) is 3.00. The number of halogens is 15. The highest BCUT2D eigenvalue weighted by molar-refractivity contribution is 5.55. The van der Waals surface area contributed by atoms with Crippen LogP contribution in [0.15, 0.2) is 36.7 Å². The largest absolute Gasteiger partial charge is 0.491 e. The molecule has 22 heteroatoms. The van der Waals surface area contributed by atoms with E-state index in [1.54, 1.807) is 17.1 Å². The Labute approximate surface area is 280 Å². The van der Waals surface area contributed by atoms with Crippen LogP contribution < -0.4 is 4.74 Å². The van der Waals surface area contributed by atoms with Crippen molar-refractivity contribution < 1.29 is 89.9 Å². The van der Waals surface area contributed by atoms with Crippen LogP contribution in [0.25, 0.3) is 11.4 Å². The normalized spacial score (nSPS) is 14.5. The molecule has 0 unspecified atom stereocenters. The molecule has 2 aromatic rings. The van der Waals surface area contributed by atoms with Gasteiger partial charge < -0.3 is 14.6 Å². The van der Waals surface area contributed by atoms with E-state index in [9.17, 15) is 71.0 Å². The first kappa shape index (κ1) is 44.1. The Hall–Kier alpha value is -3.11. The molecule has 2 rings (SSSR count). The fraction of sp³-hybridized carbons (Fsp3) is 0.655. The molecule has 1 aromatic heterocycles. The SMILES string of the molecule is CCCCCCCCc1cnc(-c2ccc(OC[C@H](O)COCC(F)(F)OC(F)(F)C(F)(F)OC(F)(F)C(F)(F)C(F)(F)C(F)(F)F)cc2)nc1. The summed E-state index contributed by atoms with van der Waals surface area (Å²) >= 11 is 0. The van der Waals surface area contributed by atoms with Crippen LogP contribution in [0, 0.1) is 0 Å². The molecule has 0 aliphatic carbocycles. The number of rotatable bonds is 22. The van der Waals surface area contributed by atoms with Gasteiger partial charge in [-0.3, -0.25) is 0 Å². The minimum atomic E-state index is -7.95. The van der Waals surface area contributed by atoms with Gasteiger partial charge in [0.1, 0.15) is 25.1 Å². The van der Waals surface area contributed by atoms with E-state index in [1.165, 1.54) is 37.1 Å². The minimum Gasteiger partial charge on any atom is -0.491 e. The first-order valence-electron chi connectivity index (χ1n) is 14.8. The molecular formula is C29H31F15N2O5. The number of ether oxygens (including phenoxy) is 4. The monoisotopic (exact) mass is 772 g/mol. The van der Waals surface area contributed by atoms with Gasteiger partial charge in [0.25, 0.3) is 0 Å². The Balaban J connectivity index is 1.85. The number of aliphatic hydroxyl groups excluding tert-OH is 1. The van der Waals surface area contributed by atoms with Crippen molar-refractivity contribution in [2.45, 2.75) is 100 Å². The molecule has 0 radical (unpaired) electrons. The summed E-state index contributed by atoms with van der Waals surface area (Å²) in [7, 11) is 0. The molecule has 0 saturated carbocycles. The van der Waals surface area contributed by atoms with Crippen LogP contribution in [0.1, 0.15) is 51.0 Å². The lowest BCUT2D eigenvalue weighted by Crippen LogP contribution is -2.64. The Morgan fingerprint density at radius 2 is 1.18 bits per heavy atom. The summed E-state index contributed by atoms with van der Waals surface area (Å²) in [6.45, 7) is -2.19. The zero-order valence-corrected chi connectivity index (χ0v) is 26.3. The van der Waals surface area contributed by atoms with Gasteiger partial charge in [0.15, 0.2) is 5.82 Å².